The number of benzene rings is 2. The number of carbonyl (C=O) groups excluding carboxylic acids is 2. The molecule has 2 aromatic carbocycles. The number of nitrogens with zero attached hydrogens (tertiary/aromatic N) is 2. The number of halogens is 1. The number of aliphatic hydroxyl groups excluding tert-OH is 1. The first-order chi connectivity index (χ1) is 14.7. The Labute approximate surface area is 181 Å². The van der Waals surface area contributed by atoms with E-state index in [0.717, 1.165) is 12.1 Å². The topological polar surface area (TPSA) is 70.1 Å². The van der Waals surface area contributed by atoms with Gasteiger partial charge in [-0.1, -0.05) is 12.1 Å². The number of aliphatic hydroxyl groups is 1. The second kappa shape index (κ2) is 9.31. The number of ketones is 1. The van der Waals surface area contributed by atoms with Crippen LogP contribution in [0.3, 0.4) is 0 Å². The number of rotatable bonds is 7. The molecule has 164 valence electrons. The standard InChI is InChI=1S/C24H27FN2O4/c1-15-14-17(8-11-19(15)31-4)22(28)20-21(16-6-9-18(25)10-7-16)27(24(30)23(20)29)13-5-12-26(2)3/h6-11,14,21,28H,5,12-13H2,1-4H3/b22-20+/t21-/m1/s1. The van der Waals surface area contributed by atoms with Gasteiger partial charge in [-0.25, -0.2) is 4.39 Å². The fourth-order valence-corrected chi connectivity index (χ4v) is 3.84. The molecular formula is C24H27FN2O4. The summed E-state index contributed by atoms with van der Waals surface area (Å²) in [6, 6.07) is 9.90. The molecule has 6 nitrogen and oxygen atoms in total. The lowest BCUT2D eigenvalue weighted by molar-refractivity contribution is -0.139. The molecule has 1 N–H and O–H groups in total. The van der Waals surface area contributed by atoms with Gasteiger partial charge in [-0.3, -0.25) is 9.59 Å². The number of hydrogen-bond acceptors (Lipinski definition) is 5. The van der Waals surface area contributed by atoms with E-state index in [2.05, 4.69) is 0 Å². The predicted octanol–water partition coefficient (Wildman–Crippen LogP) is 3.52. The largest absolute Gasteiger partial charge is 0.507 e. The molecule has 3 rings (SSSR count). The molecule has 7 heteroatoms. The van der Waals surface area contributed by atoms with Crippen LogP contribution in [0.1, 0.15) is 29.2 Å². The highest BCUT2D eigenvalue weighted by Gasteiger charge is 2.45. The van der Waals surface area contributed by atoms with Crippen LogP contribution in [0.2, 0.25) is 0 Å². The van der Waals surface area contributed by atoms with E-state index in [1.54, 1.807) is 25.3 Å². The van der Waals surface area contributed by atoms with E-state index in [1.165, 1.54) is 29.2 Å². The van der Waals surface area contributed by atoms with E-state index in [0.29, 0.717) is 29.8 Å². The molecule has 0 spiro atoms. The SMILES string of the molecule is COc1ccc(/C(O)=C2\C(=O)C(=O)N(CCCN(C)C)[C@@H]2c2ccc(F)cc2)cc1C. The first kappa shape index (κ1) is 22.5. The molecule has 0 aliphatic carbocycles. The average molecular weight is 426 g/mol. The third-order valence-corrected chi connectivity index (χ3v) is 5.40. The Morgan fingerprint density at radius 1 is 1.16 bits per heavy atom. The van der Waals surface area contributed by atoms with Crippen molar-refractivity contribution in [2.45, 2.75) is 19.4 Å². The minimum Gasteiger partial charge on any atom is -0.507 e. The lowest BCUT2D eigenvalue weighted by atomic mass is 9.94. The molecular weight excluding hydrogens is 399 g/mol. The molecule has 1 amide bonds. The number of carbonyl (C=O) groups is 2. The highest BCUT2D eigenvalue weighted by molar-refractivity contribution is 6.46. The Hall–Kier alpha value is -3.19. The average Bonchev–Trinajstić information content (AvgIpc) is 2.98. The zero-order valence-corrected chi connectivity index (χ0v) is 18.2. The summed E-state index contributed by atoms with van der Waals surface area (Å²) in [5.74, 6) is -1.44. The van der Waals surface area contributed by atoms with Crippen LogP contribution in [0.15, 0.2) is 48.0 Å². The molecule has 2 aromatic rings. The van der Waals surface area contributed by atoms with Crippen molar-refractivity contribution in [1.82, 2.24) is 9.80 Å². The third-order valence-electron chi connectivity index (χ3n) is 5.40. The Kier molecular flexibility index (Phi) is 6.75. The van der Waals surface area contributed by atoms with E-state index in [4.69, 9.17) is 4.74 Å². The number of Topliss-reactive ketones (excluding diaryl/α,β-unsaturated/α-hetero) is 1. The van der Waals surface area contributed by atoms with Crippen molar-refractivity contribution in [3.63, 3.8) is 0 Å². The number of amides is 1. The van der Waals surface area contributed by atoms with Crippen molar-refractivity contribution in [3.8, 4) is 5.75 Å². The van der Waals surface area contributed by atoms with Gasteiger partial charge in [-0.05, 0) is 75.4 Å². The first-order valence-electron chi connectivity index (χ1n) is 10.1. The molecule has 0 aromatic heterocycles. The van der Waals surface area contributed by atoms with Gasteiger partial charge in [-0.15, -0.1) is 0 Å². The van der Waals surface area contributed by atoms with Gasteiger partial charge in [0.15, 0.2) is 0 Å². The summed E-state index contributed by atoms with van der Waals surface area (Å²) in [5.41, 5.74) is 1.77. The highest BCUT2D eigenvalue weighted by Crippen LogP contribution is 2.40. The maximum absolute atomic E-state index is 13.5. The molecule has 1 atom stereocenters. The molecule has 1 aliphatic rings. The minimum atomic E-state index is -0.787. The molecule has 31 heavy (non-hydrogen) atoms. The summed E-state index contributed by atoms with van der Waals surface area (Å²) in [6.07, 6.45) is 0.652. The van der Waals surface area contributed by atoms with E-state index in [9.17, 15) is 19.1 Å². The summed E-state index contributed by atoms with van der Waals surface area (Å²) < 4.78 is 18.8. The van der Waals surface area contributed by atoms with Gasteiger partial charge in [-0.2, -0.15) is 0 Å². The van der Waals surface area contributed by atoms with Gasteiger partial charge in [0.05, 0.1) is 18.7 Å². The third kappa shape index (κ3) is 4.61. The van der Waals surface area contributed by atoms with Gasteiger partial charge >= 0.3 is 0 Å². The minimum absolute atomic E-state index is 0.00558. The normalized spacial score (nSPS) is 18.1. The summed E-state index contributed by atoms with van der Waals surface area (Å²) in [6.45, 7) is 2.90. The van der Waals surface area contributed by atoms with Crippen molar-refractivity contribution < 1.29 is 23.8 Å². The molecule has 0 bridgehead atoms. The van der Waals surface area contributed by atoms with Crippen LogP contribution >= 0.6 is 0 Å². The van der Waals surface area contributed by atoms with Crippen molar-refractivity contribution in [2.24, 2.45) is 0 Å². The van der Waals surface area contributed by atoms with Crippen LogP contribution in [0.25, 0.3) is 5.76 Å². The van der Waals surface area contributed by atoms with Crippen LogP contribution in [-0.2, 0) is 9.59 Å². The highest BCUT2D eigenvalue weighted by atomic mass is 19.1. The van der Waals surface area contributed by atoms with Crippen LogP contribution < -0.4 is 4.74 Å². The number of likely N-dealkylation sites (tertiary alicyclic amines) is 1. The maximum Gasteiger partial charge on any atom is 0.295 e. The smallest absolute Gasteiger partial charge is 0.295 e. The molecule has 0 unspecified atom stereocenters. The fraction of sp³-hybridized carbons (Fsp3) is 0.333. The van der Waals surface area contributed by atoms with Gasteiger partial charge in [0.1, 0.15) is 17.3 Å². The summed E-state index contributed by atoms with van der Waals surface area (Å²) in [4.78, 5) is 29.3. The van der Waals surface area contributed by atoms with Crippen LogP contribution in [0.5, 0.6) is 5.75 Å². The first-order valence-corrected chi connectivity index (χ1v) is 10.1. The lowest BCUT2D eigenvalue weighted by Gasteiger charge is -2.26. The number of hydrogen-bond donors (Lipinski definition) is 1. The van der Waals surface area contributed by atoms with Gasteiger partial charge in [0, 0.05) is 12.1 Å². The van der Waals surface area contributed by atoms with Crippen LogP contribution in [-0.4, -0.2) is 60.9 Å². The molecule has 1 fully saturated rings. The number of methoxy groups -OCH3 is 1. The van der Waals surface area contributed by atoms with Gasteiger partial charge in [0.2, 0.25) is 0 Å². The van der Waals surface area contributed by atoms with Crippen LogP contribution in [0, 0.1) is 12.7 Å². The Balaban J connectivity index is 2.10. The summed E-state index contributed by atoms with van der Waals surface area (Å²) in [7, 11) is 5.41. The fourth-order valence-electron chi connectivity index (χ4n) is 3.84. The van der Waals surface area contributed by atoms with E-state index >= 15 is 0 Å². The van der Waals surface area contributed by atoms with Gasteiger partial charge < -0.3 is 19.6 Å². The molecule has 0 saturated carbocycles. The second-order valence-corrected chi connectivity index (χ2v) is 7.89. The lowest BCUT2D eigenvalue weighted by Crippen LogP contribution is -2.32. The molecule has 0 radical (unpaired) electrons. The number of aryl methyl sites for hydroxylation is 1. The van der Waals surface area contributed by atoms with Crippen molar-refractivity contribution in [1.29, 1.82) is 0 Å². The Morgan fingerprint density at radius 3 is 2.42 bits per heavy atom. The van der Waals surface area contributed by atoms with Crippen molar-refractivity contribution in [2.75, 3.05) is 34.3 Å². The van der Waals surface area contributed by atoms with E-state index in [-0.39, 0.29) is 11.3 Å². The number of ether oxygens (including phenoxy) is 1. The quantitative estimate of drug-likeness (QED) is 0.417. The van der Waals surface area contributed by atoms with Gasteiger partial charge in [0.25, 0.3) is 11.7 Å². The van der Waals surface area contributed by atoms with Crippen molar-refractivity contribution >= 4 is 17.4 Å². The zero-order valence-electron chi connectivity index (χ0n) is 18.2. The molecule has 1 aliphatic heterocycles. The Morgan fingerprint density at radius 2 is 1.84 bits per heavy atom. The monoisotopic (exact) mass is 426 g/mol. The Bertz CT molecular complexity index is 1010. The zero-order chi connectivity index (χ0) is 22.7. The maximum atomic E-state index is 13.5. The predicted molar refractivity (Wildman–Crippen MR) is 116 cm³/mol. The van der Waals surface area contributed by atoms with E-state index < -0.39 is 23.5 Å². The van der Waals surface area contributed by atoms with Crippen molar-refractivity contribution in [3.05, 3.63) is 70.5 Å². The second-order valence-electron chi connectivity index (χ2n) is 7.89. The van der Waals surface area contributed by atoms with E-state index in [1.807, 2.05) is 25.9 Å². The summed E-state index contributed by atoms with van der Waals surface area (Å²) in [5, 5.41) is 11.1. The molecule has 1 heterocycles. The summed E-state index contributed by atoms with van der Waals surface area (Å²) >= 11 is 0. The molecule has 1 saturated heterocycles. The van der Waals surface area contributed by atoms with Crippen LogP contribution in [0.4, 0.5) is 4.39 Å².